The SMILES string of the molecule is Cc1ccc(C(=O)N2CCN(C3CNC3)CC2)cc1. The molecule has 1 N–H and O–H groups in total. The topological polar surface area (TPSA) is 35.6 Å². The summed E-state index contributed by atoms with van der Waals surface area (Å²) in [5.74, 6) is 0.173. The number of hydrogen-bond donors (Lipinski definition) is 1. The number of rotatable bonds is 2. The standard InChI is InChI=1S/C15H21N3O/c1-12-2-4-13(5-3-12)15(19)18-8-6-17(7-9-18)14-10-16-11-14/h2-5,14,16H,6-11H2,1H3. The minimum absolute atomic E-state index is 0.173. The summed E-state index contributed by atoms with van der Waals surface area (Å²) in [6.45, 7) is 7.96. The zero-order valence-corrected chi connectivity index (χ0v) is 11.4. The Labute approximate surface area is 114 Å². The number of piperazine rings is 1. The molecule has 0 aliphatic carbocycles. The van der Waals surface area contributed by atoms with Gasteiger partial charge in [-0.05, 0) is 19.1 Å². The number of carbonyl (C=O) groups excluding carboxylic acids is 1. The van der Waals surface area contributed by atoms with Gasteiger partial charge in [-0.1, -0.05) is 17.7 Å². The molecule has 2 aliphatic heterocycles. The van der Waals surface area contributed by atoms with Gasteiger partial charge >= 0.3 is 0 Å². The second-order valence-corrected chi connectivity index (χ2v) is 5.51. The maximum absolute atomic E-state index is 12.4. The third-order valence-electron chi connectivity index (χ3n) is 4.18. The fraction of sp³-hybridized carbons (Fsp3) is 0.533. The van der Waals surface area contributed by atoms with Gasteiger partial charge in [-0.2, -0.15) is 0 Å². The van der Waals surface area contributed by atoms with Crippen molar-refractivity contribution in [2.45, 2.75) is 13.0 Å². The number of carbonyl (C=O) groups is 1. The van der Waals surface area contributed by atoms with Crippen molar-refractivity contribution in [3.8, 4) is 0 Å². The lowest BCUT2D eigenvalue weighted by Crippen LogP contribution is -2.62. The van der Waals surface area contributed by atoms with Crippen LogP contribution in [-0.2, 0) is 0 Å². The van der Waals surface area contributed by atoms with E-state index in [4.69, 9.17) is 0 Å². The molecule has 1 amide bonds. The number of hydrogen-bond acceptors (Lipinski definition) is 3. The Morgan fingerprint density at radius 1 is 1.11 bits per heavy atom. The highest BCUT2D eigenvalue weighted by Crippen LogP contribution is 2.13. The Hall–Kier alpha value is -1.39. The van der Waals surface area contributed by atoms with Gasteiger partial charge in [0.1, 0.15) is 0 Å². The van der Waals surface area contributed by atoms with Gasteiger partial charge < -0.3 is 10.2 Å². The molecule has 0 saturated carbocycles. The highest BCUT2D eigenvalue weighted by atomic mass is 16.2. The highest BCUT2D eigenvalue weighted by Gasteiger charge is 2.29. The molecule has 0 radical (unpaired) electrons. The fourth-order valence-electron chi connectivity index (χ4n) is 2.70. The van der Waals surface area contributed by atoms with Gasteiger partial charge in [0.15, 0.2) is 0 Å². The van der Waals surface area contributed by atoms with E-state index in [1.165, 1.54) is 5.56 Å². The van der Waals surface area contributed by atoms with E-state index in [1.54, 1.807) is 0 Å². The quantitative estimate of drug-likeness (QED) is 0.850. The molecule has 2 saturated heterocycles. The van der Waals surface area contributed by atoms with E-state index in [0.29, 0.717) is 6.04 Å². The van der Waals surface area contributed by atoms with Gasteiger partial charge in [-0.25, -0.2) is 0 Å². The molecule has 0 bridgehead atoms. The molecule has 19 heavy (non-hydrogen) atoms. The van der Waals surface area contributed by atoms with Crippen LogP contribution in [-0.4, -0.2) is 61.0 Å². The van der Waals surface area contributed by atoms with Crippen LogP contribution in [0.15, 0.2) is 24.3 Å². The van der Waals surface area contributed by atoms with Crippen LogP contribution in [0.5, 0.6) is 0 Å². The second-order valence-electron chi connectivity index (χ2n) is 5.51. The van der Waals surface area contributed by atoms with Gasteiger partial charge in [0.05, 0.1) is 0 Å². The van der Waals surface area contributed by atoms with Crippen LogP contribution in [0.2, 0.25) is 0 Å². The summed E-state index contributed by atoms with van der Waals surface area (Å²) < 4.78 is 0. The third kappa shape index (κ3) is 2.65. The average molecular weight is 259 g/mol. The molecular weight excluding hydrogens is 238 g/mol. The predicted octanol–water partition coefficient (Wildman–Crippen LogP) is 0.725. The lowest BCUT2D eigenvalue weighted by Gasteiger charge is -2.43. The summed E-state index contributed by atoms with van der Waals surface area (Å²) in [6, 6.07) is 8.56. The van der Waals surface area contributed by atoms with Crippen molar-refractivity contribution >= 4 is 5.91 Å². The minimum atomic E-state index is 0.173. The smallest absolute Gasteiger partial charge is 0.253 e. The average Bonchev–Trinajstić information content (AvgIpc) is 2.38. The number of aryl methyl sites for hydroxylation is 1. The number of nitrogens with one attached hydrogen (secondary N) is 1. The minimum Gasteiger partial charge on any atom is -0.336 e. The first-order chi connectivity index (χ1) is 9.24. The van der Waals surface area contributed by atoms with Crippen molar-refractivity contribution < 1.29 is 4.79 Å². The molecule has 0 aromatic heterocycles. The maximum atomic E-state index is 12.4. The van der Waals surface area contributed by atoms with Crippen LogP contribution in [0.1, 0.15) is 15.9 Å². The van der Waals surface area contributed by atoms with Crippen molar-refractivity contribution in [2.24, 2.45) is 0 Å². The number of amides is 1. The van der Waals surface area contributed by atoms with Crippen LogP contribution in [0, 0.1) is 6.92 Å². The Morgan fingerprint density at radius 2 is 1.74 bits per heavy atom. The monoisotopic (exact) mass is 259 g/mol. The molecule has 4 nitrogen and oxygen atoms in total. The lowest BCUT2D eigenvalue weighted by atomic mass is 10.1. The molecule has 0 unspecified atom stereocenters. The molecule has 1 aromatic rings. The summed E-state index contributed by atoms with van der Waals surface area (Å²) in [6.07, 6.45) is 0. The van der Waals surface area contributed by atoms with Crippen molar-refractivity contribution in [2.75, 3.05) is 39.3 Å². The van der Waals surface area contributed by atoms with Gasteiger partial charge in [-0.3, -0.25) is 9.69 Å². The molecule has 102 valence electrons. The first-order valence-electron chi connectivity index (χ1n) is 7.05. The van der Waals surface area contributed by atoms with E-state index < -0.39 is 0 Å². The molecule has 2 aliphatic rings. The van der Waals surface area contributed by atoms with Crippen LogP contribution in [0.3, 0.4) is 0 Å². The highest BCUT2D eigenvalue weighted by molar-refractivity contribution is 5.94. The number of benzene rings is 1. The zero-order chi connectivity index (χ0) is 13.2. The van der Waals surface area contributed by atoms with Crippen LogP contribution in [0.4, 0.5) is 0 Å². The van der Waals surface area contributed by atoms with Gasteiger partial charge in [0.25, 0.3) is 5.91 Å². The number of nitrogens with zero attached hydrogens (tertiary/aromatic N) is 2. The molecule has 2 heterocycles. The largest absolute Gasteiger partial charge is 0.336 e. The Morgan fingerprint density at radius 3 is 2.26 bits per heavy atom. The van der Waals surface area contributed by atoms with Gasteiger partial charge in [0, 0.05) is 50.9 Å². The maximum Gasteiger partial charge on any atom is 0.253 e. The van der Waals surface area contributed by atoms with Crippen molar-refractivity contribution in [3.05, 3.63) is 35.4 Å². The van der Waals surface area contributed by atoms with E-state index >= 15 is 0 Å². The summed E-state index contributed by atoms with van der Waals surface area (Å²) in [4.78, 5) is 16.8. The summed E-state index contributed by atoms with van der Waals surface area (Å²) in [5.41, 5.74) is 2.00. The van der Waals surface area contributed by atoms with Crippen molar-refractivity contribution in [1.82, 2.24) is 15.1 Å². The van der Waals surface area contributed by atoms with Crippen molar-refractivity contribution in [3.63, 3.8) is 0 Å². The van der Waals surface area contributed by atoms with Crippen LogP contribution in [0.25, 0.3) is 0 Å². The zero-order valence-electron chi connectivity index (χ0n) is 11.4. The summed E-state index contributed by atoms with van der Waals surface area (Å²) in [7, 11) is 0. The molecule has 2 fully saturated rings. The van der Waals surface area contributed by atoms with Gasteiger partial charge in [-0.15, -0.1) is 0 Å². The molecular formula is C15H21N3O. The van der Waals surface area contributed by atoms with E-state index in [-0.39, 0.29) is 5.91 Å². The van der Waals surface area contributed by atoms with Crippen LogP contribution >= 0.6 is 0 Å². The summed E-state index contributed by atoms with van der Waals surface area (Å²) >= 11 is 0. The lowest BCUT2D eigenvalue weighted by molar-refractivity contribution is 0.0502. The van der Waals surface area contributed by atoms with E-state index in [2.05, 4.69) is 10.2 Å². The Bertz CT molecular complexity index is 445. The third-order valence-corrected chi connectivity index (χ3v) is 4.18. The Kier molecular flexibility index (Phi) is 3.53. The molecule has 4 heteroatoms. The fourth-order valence-corrected chi connectivity index (χ4v) is 2.70. The molecule has 1 aromatic carbocycles. The van der Waals surface area contributed by atoms with Crippen LogP contribution < -0.4 is 5.32 Å². The van der Waals surface area contributed by atoms with Crippen molar-refractivity contribution in [1.29, 1.82) is 0 Å². The summed E-state index contributed by atoms with van der Waals surface area (Å²) in [5, 5.41) is 3.30. The first-order valence-corrected chi connectivity index (χ1v) is 7.05. The van der Waals surface area contributed by atoms with E-state index in [0.717, 1.165) is 44.8 Å². The van der Waals surface area contributed by atoms with E-state index in [1.807, 2.05) is 36.1 Å². The normalized spacial score (nSPS) is 21.2. The first kappa shape index (κ1) is 12.6. The molecule has 3 rings (SSSR count). The Balaban J connectivity index is 1.58. The molecule has 0 atom stereocenters. The predicted molar refractivity (Wildman–Crippen MR) is 75.3 cm³/mol. The second kappa shape index (κ2) is 5.31. The molecule has 0 spiro atoms. The van der Waals surface area contributed by atoms with E-state index in [9.17, 15) is 4.79 Å². The van der Waals surface area contributed by atoms with Gasteiger partial charge in [0.2, 0.25) is 0 Å².